The van der Waals surface area contributed by atoms with Crippen molar-refractivity contribution in [2.45, 2.75) is 56.2 Å². The Morgan fingerprint density at radius 3 is 2.67 bits per heavy atom. The lowest BCUT2D eigenvalue weighted by atomic mass is 10.0. The molecule has 1 aromatic carbocycles. The molecule has 0 radical (unpaired) electrons. The zero-order chi connectivity index (χ0) is 22.6. The van der Waals surface area contributed by atoms with Crippen molar-refractivity contribution in [2.24, 2.45) is 0 Å². The fraction of sp³-hybridized carbons (Fsp3) is 0.542. The Labute approximate surface area is 203 Å². The molecule has 2 aromatic heterocycles. The van der Waals surface area contributed by atoms with Crippen molar-refractivity contribution in [1.29, 1.82) is 0 Å². The van der Waals surface area contributed by atoms with Crippen LogP contribution in [0.25, 0.3) is 10.6 Å². The standard InChI is InChI=1S/C24H31N5O2S2/c1-17(2)18-5-7-19(8-6-18)22-25-20(15-32-22)16-33-24-27-26-23(28-9-12-30-13-10-28)29(24)14-21-4-3-11-31-21/h5-8,15,17,21H,3-4,9-14,16H2,1-2H3/t21-/m1/s1. The lowest BCUT2D eigenvalue weighted by Crippen LogP contribution is -2.38. The molecule has 176 valence electrons. The first-order valence-electron chi connectivity index (χ1n) is 11.7. The van der Waals surface area contributed by atoms with E-state index in [0.29, 0.717) is 5.92 Å². The molecular formula is C24H31N5O2S2. The van der Waals surface area contributed by atoms with E-state index >= 15 is 0 Å². The van der Waals surface area contributed by atoms with E-state index in [2.05, 4.69) is 63.2 Å². The van der Waals surface area contributed by atoms with Crippen LogP contribution in [0.3, 0.4) is 0 Å². The van der Waals surface area contributed by atoms with Gasteiger partial charge in [0, 0.05) is 36.4 Å². The third kappa shape index (κ3) is 5.42. The van der Waals surface area contributed by atoms with E-state index in [0.717, 1.165) is 79.9 Å². The highest BCUT2D eigenvalue weighted by Gasteiger charge is 2.25. The van der Waals surface area contributed by atoms with Crippen LogP contribution in [0.2, 0.25) is 0 Å². The molecule has 0 amide bonds. The van der Waals surface area contributed by atoms with Crippen molar-refractivity contribution in [2.75, 3.05) is 37.8 Å². The van der Waals surface area contributed by atoms with Crippen LogP contribution in [0.15, 0.2) is 34.8 Å². The van der Waals surface area contributed by atoms with Crippen molar-refractivity contribution in [1.82, 2.24) is 19.7 Å². The molecule has 0 unspecified atom stereocenters. The number of thioether (sulfide) groups is 1. The number of aromatic nitrogens is 4. The van der Waals surface area contributed by atoms with E-state index in [4.69, 9.17) is 14.5 Å². The second kappa shape index (κ2) is 10.5. The van der Waals surface area contributed by atoms with Gasteiger partial charge in [0.1, 0.15) is 5.01 Å². The predicted octanol–water partition coefficient (Wildman–Crippen LogP) is 4.83. The second-order valence-corrected chi connectivity index (χ2v) is 10.6. The Balaban J connectivity index is 1.29. The van der Waals surface area contributed by atoms with Crippen LogP contribution in [0.4, 0.5) is 5.95 Å². The molecular weight excluding hydrogens is 454 g/mol. The van der Waals surface area contributed by atoms with Crippen molar-refractivity contribution in [3.63, 3.8) is 0 Å². The molecule has 2 aliphatic heterocycles. The number of hydrogen-bond acceptors (Lipinski definition) is 8. The molecule has 0 spiro atoms. The van der Waals surface area contributed by atoms with Crippen molar-refractivity contribution >= 4 is 29.0 Å². The largest absolute Gasteiger partial charge is 0.378 e. The molecule has 0 saturated carbocycles. The molecule has 0 aliphatic carbocycles. The number of morpholine rings is 1. The van der Waals surface area contributed by atoms with E-state index in [9.17, 15) is 0 Å². The monoisotopic (exact) mass is 485 g/mol. The van der Waals surface area contributed by atoms with Crippen LogP contribution in [0.1, 0.15) is 43.9 Å². The lowest BCUT2D eigenvalue weighted by molar-refractivity contribution is 0.0942. The maximum absolute atomic E-state index is 5.92. The summed E-state index contributed by atoms with van der Waals surface area (Å²) in [6, 6.07) is 8.77. The van der Waals surface area contributed by atoms with Gasteiger partial charge in [0.15, 0.2) is 5.16 Å². The van der Waals surface area contributed by atoms with Gasteiger partial charge in [-0.15, -0.1) is 21.5 Å². The fourth-order valence-corrected chi connectivity index (χ4v) is 5.96. The maximum Gasteiger partial charge on any atom is 0.228 e. The van der Waals surface area contributed by atoms with E-state index in [1.54, 1.807) is 23.1 Å². The summed E-state index contributed by atoms with van der Waals surface area (Å²) in [5, 5.41) is 13.3. The summed E-state index contributed by atoms with van der Waals surface area (Å²) in [7, 11) is 0. The minimum Gasteiger partial charge on any atom is -0.378 e. The third-order valence-corrected chi connectivity index (χ3v) is 8.07. The van der Waals surface area contributed by atoms with E-state index < -0.39 is 0 Å². The first-order valence-corrected chi connectivity index (χ1v) is 13.6. The van der Waals surface area contributed by atoms with E-state index in [-0.39, 0.29) is 6.10 Å². The van der Waals surface area contributed by atoms with Gasteiger partial charge in [-0.2, -0.15) is 0 Å². The topological polar surface area (TPSA) is 65.3 Å². The molecule has 0 bridgehead atoms. The molecule has 1 atom stereocenters. The summed E-state index contributed by atoms with van der Waals surface area (Å²) < 4.78 is 13.7. The Hall–Kier alpha value is -1.94. The zero-order valence-electron chi connectivity index (χ0n) is 19.3. The number of anilines is 1. The Morgan fingerprint density at radius 1 is 1.12 bits per heavy atom. The van der Waals surface area contributed by atoms with Gasteiger partial charge >= 0.3 is 0 Å². The summed E-state index contributed by atoms with van der Waals surface area (Å²) in [5.74, 6) is 2.24. The summed E-state index contributed by atoms with van der Waals surface area (Å²) in [6.07, 6.45) is 2.46. The van der Waals surface area contributed by atoms with Gasteiger partial charge in [-0.05, 0) is 24.3 Å². The quantitative estimate of drug-likeness (QED) is 0.423. The Bertz CT molecular complexity index is 1040. The van der Waals surface area contributed by atoms with Gasteiger partial charge in [-0.1, -0.05) is 49.9 Å². The van der Waals surface area contributed by atoms with Gasteiger partial charge < -0.3 is 14.4 Å². The average molecular weight is 486 g/mol. The minimum absolute atomic E-state index is 0.236. The summed E-state index contributed by atoms with van der Waals surface area (Å²) in [4.78, 5) is 7.16. The summed E-state index contributed by atoms with van der Waals surface area (Å²) >= 11 is 3.40. The predicted molar refractivity (Wildman–Crippen MR) is 133 cm³/mol. The Kier molecular flexibility index (Phi) is 7.30. The lowest BCUT2D eigenvalue weighted by Gasteiger charge is -2.28. The zero-order valence-corrected chi connectivity index (χ0v) is 20.9. The smallest absolute Gasteiger partial charge is 0.228 e. The number of ether oxygens (including phenoxy) is 2. The fourth-order valence-electron chi connectivity index (χ4n) is 4.19. The summed E-state index contributed by atoms with van der Waals surface area (Å²) in [5.41, 5.74) is 3.61. The number of hydrogen-bond donors (Lipinski definition) is 0. The normalized spacial score (nSPS) is 19.0. The number of rotatable bonds is 8. The molecule has 5 rings (SSSR count). The molecule has 2 aliphatic rings. The van der Waals surface area contributed by atoms with E-state index in [1.165, 1.54) is 11.1 Å². The molecule has 2 saturated heterocycles. The molecule has 33 heavy (non-hydrogen) atoms. The van der Waals surface area contributed by atoms with Crippen molar-refractivity contribution in [3.05, 3.63) is 40.9 Å². The Morgan fingerprint density at radius 2 is 1.94 bits per heavy atom. The van der Waals surface area contributed by atoms with Gasteiger partial charge in [-0.3, -0.25) is 4.57 Å². The van der Waals surface area contributed by atoms with Crippen LogP contribution in [0.5, 0.6) is 0 Å². The van der Waals surface area contributed by atoms with Crippen LogP contribution in [0, 0.1) is 0 Å². The van der Waals surface area contributed by atoms with Crippen molar-refractivity contribution < 1.29 is 9.47 Å². The van der Waals surface area contributed by atoms with Gasteiger partial charge in [0.2, 0.25) is 5.95 Å². The summed E-state index contributed by atoms with van der Waals surface area (Å²) in [6.45, 7) is 9.24. The van der Waals surface area contributed by atoms with Crippen LogP contribution < -0.4 is 4.90 Å². The van der Waals surface area contributed by atoms with E-state index in [1.807, 2.05) is 0 Å². The molecule has 4 heterocycles. The average Bonchev–Trinajstić information content (AvgIpc) is 3.60. The third-order valence-electron chi connectivity index (χ3n) is 6.13. The number of benzene rings is 1. The van der Waals surface area contributed by atoms with Crippen molar-refractivity contribution in [3.8, 4) is 10.6 Å². The molecule has 9 heteroatoms. The minimum atomic E-state index is 0.236. The van der Waals surface area contributed by atoms with Crippen LogP contribution in [-0.2, 0) is 21.8 Å². The molecule has 3 aromatic rings. The highest BCUT2D eigenvalue weighted by molar-refractivity contribution is 7.98. The van der Waals surface area contributed by atoms with Gasteiger partial charge in [0.05, 0.1) is 31.6 Å². The van der Waals surface area contributed by atoms with Crippen LogP contribution >= 0.6 is 23.1 Å². The molecule has 7 nitrogen and oxygen atoms in total. The van der Waals surface area contributed by atoms with Gasteiger partial charge in [0.25, 0.3) is 0 Å². The number of thiazole rings is 1. The highest BCUT2D eigenvalue weighted by atomic mass is 32.2. The van der Waals surface area contributed by atoms with Crippen LogP contribution in [-0.4, -0.2) is 58.8 Å². The highest BCUT2D eigenvalue weighted by Crippen LogP contribution is 2.31. The maximum atomic E-state index is 5.92. The first-order chi connectivity index (χ1) is 16.2. The SMILES string of the molecule is CC(C)c1ccc(-c2nc(CSc3nnc(N4CCOCC4)n3C[C@H]3CCCO3)cs2)cc1. The molecule has 0 N–H and O–H groups in total. The number of nitrogens with zero attached hydrogens (tertiary/aromatic N) is 5. The van der Waals surface area contributed by atoms with Gasteiger partial charge in [-0.25, -0.2) is 4.98 Å². The second-order valence-electron chi connectivity index (χ2n) is 8.84. The molecule has 2 fully saturated rings. The first kappa shape index (κ1) is 22.8.